The van der Waals surface area contributed by atoms with E-state index in [9.17, 15) is 4.79 Å². The molecule has 1 saturated carbocycles. The minimum Gasteiger partial charge on any atom is -0.464 e. The van der Waals surface area contributed by atoms with Gasteiger partial charge in [0.2, 0.25) is 0 Å². The molecule has 0 saturated heterocycles. The molecular weight excluding hydrogens is 206 g/mol. The predicted molar refractivity (Wildman–Crippen MR) is 59.4 cm³/mol. The molecule has 0 amide bonds. The number of aromatic nitrogens is 2. The van der Waals surface area contributed by atoms with E-state index in [4.69, 9.17) is 0 Å². The fourth-order valence-corrected chi connectivity index (χ4v) is 1.52. The van der Waals surface area contributed by atoms with E-state index >= 15 is 0 Å². The minimum atomic E-state index is -0.455. The smallest absolute Gasteiger partial charge is 0.358 e. The second-order valence-corrected chi connectivity index (χ2v) is 4.09. The molecule has 1 heterocycles. The molecule has 0 aromatic carbocycles. The van der Waals surface area contributed by atoms with Crippen LogP contribution in [0.15, 0.2) is 12.1 Å². The van der Waals surface area contributed by atoms with E-state index < -0.39 is 5.97 Å². The Balaban J connectivity index is 2.02. The third-order valence-corrected chi connectivity index (χ3v) is 2.67. The molecule has 0 spiro atoms. The van der Waals surface area contributed by atoms with Crippen molar-refractivity contribution in [1.29, 1.82) is 0 Å². The molecule has 1 aromatic heterocycles. The lowest BCUT2D eigenvalue weighted by molar-refractivity contribution is 0.0592. The van der Waals surface area contributed by atoms with Gasteiger partial charge in [0.05, 0.1) is 7.11 Å². The molecule has 0 N–H and O–H groups in total. The van der Waals surface area contributed by atoms with Crippen molar-refractivity contribution in [3.63, 3.8) is 0 Å². The van der Waals surface area contributed by atoms with Gasteiger partial charge in [0.15, 0.2) is 11.5 Å². The number of hydrogen-bond acceptors (Lipinski definition) is 5. The van der Waals surface area contributed by atoms with Crippen molar-refractivity contribution in [3.8, 4) is 0 Å². The zero-order valence-electron chi connectivity index (χ0n) is 9.51. The van der Waals surface area contributed by atoms with Crippen molar-refractivity contribution in [1.82, 2.24) is 10.2 Å². The summed E-state index contributed by atoms with van der Waals surface area (Å²) in [4.78, 5) is 13.2. The van der Waals surface area contributed by atoms with E-state index in [0.29, 0.717) is 0 Å². The fourth-order valence-electron chi connectivity index (χ4n) is 1.52. The summed E-state index contributed by atoms with van der Waals surface area (Å²) in [7, 11) is 3.32. The maximum absolute atomic E-state index is 11.1. The second-order valence-electron chi connectivity index (χ2n) is 4.09. The van der Waals surface area contributed by atoms with Crippen LogP contribution in [-0.4, -0.2) is 36.9 Å². The molecular formula is C11H15N3O2. The Kier molecular flexibility index (Phi) is 3.03. The Bertz CT molecular complexity index is 373. The van der Waals surface area contributed by atoms with Crippen molar-refractivity contribution in [2.75, 3.05) is 25.6 Å². The predicted octanol–water partition coefficient (Wildman–Crippen LogP) is 1.11. The van der Waals surface area contributed by atoms with Crippen molar-refractivity contribution >= 4 is 11.8 Å². The highest BCUT2D eigenvalue weighted by Crippen LogP contribution is 2.30. The van der Waals surface area contributed by atoms with E-state index in [1.165, 1.54) is 20.0 Å². The summed E-state index contributed by atoms with van der Waals surface area (Å²) in [5, 5.41) is 7.84. The summed E-state index contributed by atoms with van der Waals surface area (Å²) < 4.78 is 4.56. The number of rotatable bonds is 4. The molecule has 0 atom stereocenters. The van der Waals surface area contributed by atoms with Crippen molar-refractivity contribution in [2.45, 2.75) is 12.8 Å². The Morgan fingerprint density at radius 2 is 2.25 bits per heavy atom. The van der Waals surface area contributed by atoms with E-state index in [2.05, 4.69) is 19.8 Å². The first kappa shape index (κ1) is 10.9. The van der Waals surface area contributed by atoms with Crippen molar-refractivity contribution in [3.05, 3.63) is 17.8 Å². The summed E-state index contributed by atoms with van der Waals surface area (Å²) in [6.07, 6.45) is 2.61. The maximum atomic E-state index is 11.1. The van der Waals surface area contributed by atoms with Crippen LogP contribution in [0.25, 0.3) is 0 Å². The summed E-state index contributed by atoms with van der Waals surface area (Å²) >= 11 is 0. The zero-order chi connectivity index (χ0) is 11.5. The number of methoxy groups -OCH3 is 1. The van der Waals surface area contributed by atoms with Crippen molar-refractivity contribution < 1.29 is 9.53 Å². The monoisotopic (exact) mass is 221 g/mol. The van der Waals surface area contributed by atoms with Crippen LogP contribution < -0.4 is 4.90 Å². The quantitative estimate of drug-likeness (QED) is 0.713. The molecule has 5 nitrogen and oxygen atoms in total. The van der Waals surface area contributed by atoms with Gasteiger partial charge in [0.25, 0.3) is 0 Å². The lowest BCUT2D eigenvalue weighted by Crippen LogP contribution is -2.21. The maximum Gasteiger partial charge on any atom is 0.358 e. The van der Waals surface area contributed by atoms with Gasteiger partial charge in [-0.3, -0.25) is 0 Å². The third kappa shape index (κ3) is 2.48. The van der Waals surface area contributed by atoms with Gasteiger partial charge in [0, 0.05) is 13.6 Å². The van der Waals surface area contributed by atoms with E-state index in [-0.39, 0.29) is 5.69 Å². The third-order valence-electron chi connectivity index (χ3n) is 2.67. The number of anilines is 1. The summed E-state index contributed by atoms with van der Waals surface area (Å²) in [6, 6.07) is 3.43. The zero-order valence-corrected chi connectivity index (χ0v) is 9.51. The van der Waals surface area contributed by atoms with Crippen LogP contribution in [0, 0.1) is 5.92 Å². The van der Waals surface area contributed by atoms with Crippen LogP contribution in [0.5, 0.6) is 0 Å². The molecule has 1 aliphatic carbocycles. The second kappa shape index (κ2) is 4.47. The average Bonchev–Trinajstić information content (AvgIpc) is 3.12. The molecule has 1 aliphatic rings. The van der Waals surface area contributed by atoms with Crippen LogP contribution in [0.1, 0.15) is 23.3 Å². The van der Waals surface area contributed by atoms with Crippen LogP contribution >= 0.6 is 0 Å². The number of esters is 1. The number of carbonyl (C=O) groups is 1. The standard InChI is InChI=1S/C11H15N3O2/c1-14(7-8-3-4-8)10-6-5-9(12-13-10)11(15)16-2/h5-6,8H,3-4,7H2,1-2H3. The molecule has 1 aromatic rings. The van der Waals surface area contributed by atoms with Gasteiger partial charge in [-0.15, -0.1) is 10.2 Å². The molecule has 5 heteroatoms. The Morgan fingerprint density at radius 3 is 2.75 bits per heavy atom. The minimum absolute atomic E-state index is 0.242. The van der Waals surface area contributed by atoms with Crippen LogP contribution in [0.2, 0.25) is 0 Å². The molecule has 86 valence electrons. The number of ether oxygens (including phenoxy) is 1. The van der Waals surface area contributed by atoms with Gasteiger partial charge in [-0.2, -0.15) is 0 Å². The highest BCUT2D eigenvalue weighted by molar-refractivity contribution is 5.86. The first-order chi connectivity index (χ1) is 7.70. The molecule has 0 radical (unpaired) electrons. The topological polar surface area (TPSA) is 55.3 Å². The first-order valence-electron chi connectivity index (χ1n) is 5.34. The lowest BCUT2D eigenvalue weighted by Gasteiger charge is -2.16. The Hall–Kier alpha value is -1.65. The molecule has 16 heavy (non-hydrogen) atoms. The average molecular weight is 221 g/mol. The lowest BCUT2D eigenvalue weighted by atomic mass is 10.3. The first-order valence-corrected chi connectivity index (χ1v) is 5.34. The highest BCUT2D eigenvalue weighted by atomic mass is 16.5. The largest absolute Gasteiger partial charge is 0.464 e. The van der Waals surface area contributed by atoms with Gasteiger partial charge < -0.3 is 9.64 Å². The van der Waals surface area contributed by atoms with Gasteiger partial charge in [0.1, 0.15) is 0 Å². The van der Waals surface area contributed by atoms with Gasteiger partial charge in [-0.1, -0.05) is 0 Å². The molecule has 0 unspecified atom stereocenters. The van der Waals surface area contributed by atoms with Gasteiger partial charge in [-0.05, 0) is 30.9 Å². The number of hydrogen-bond donors (Lipinski definition) is 0. The van der Waals surface area contributed by atoms with Crippen LogP contribution in [0.3, 0.4) is 0 Å². The normalized spacial score (nSPS) is 14.6. The molecule has 2 rings (SSSR count). The van der Waals surface area contributed by atoms with E-state index in [0.717, 1.165) is 18.3 Å². The number of nitrogens with zero attached hydrogens (tertiary/aromatic N) is 3. The Labute approximate surface area is 94.4 Å². The molecule has 0 bridgehead atoms. The molecule has 0 aliphatic heterocycles. The van der Waals surface area contributed by atoms with Gasteiger partial charge >= 0.3 is 5.97 Å². The van der Waals surface area contributed by atoms with E-state index in [1.807, 2.05) is 7.05 Å². The Morgan fingerprint density at radius 1 is 1.50 bits per heavy atom. The van der Waals surface area contributed by atoms with Gasteiger partial charge in [-0.25, -0.2) is 4.79 Å². The number of carbonyl (C=O) groups excluding carboxylic acids is 1. The summed E-state index contributed by atoms with van der Waals surface area (Å²) in [6.45, 7) is 1.01. The van der Waals surface area contributed by atoms with Crippen LogP contribution in [0.4, 0.5) is 5.82 Å². The van der Waals surface area contributed by atoms with E-state index in [1.54, 1.807) is 12.1 Å². The molecule has 1 fully saturated rings. The summed E-state index contributed by atoms with van der Waals surface area (Å²) in [5.74, 6) is 1.13. The fraction of sp³-hybridized carbons (Fsp3) is 0.545. The summed E-state index contributed by atoms with van der Waals surface area (Å²) in [5.41, 5.74) is 0.242. The SMILES string of the molecule is COC(=O)c1ccc(N(C)CC2CC2)nn1. The van der Waals surface area contributed by atoms with Crippen LogP contribution in [-0.2, 0) is 4.74 Å². The highest BCUT2D eigenvalue weighted by Gasteiger charge is 2.23. The van der Waals surface area contributed by atoms with Crippen molar-refractivity contribution in [2.24, 2.45) is 5.92 Å².